The van der Waals surface area contributed by atoms with Crippen molar-refractivity contribution in [1.29, 1.82) is 0 Å². The lowest BCUT2D eigenvalue weighted by Gasteiger charge is -2.20. The molecule has 4 nitrogen and oxygen atoms in total. The van der Waals surface area contributed by atoms with Gasteiger partial charge in [0.2, 0.25) is 0 Å². The van der Waals surface area contributed by atoms with Crippen molar-refractivity contribution in [3.8, 4) is 0 Å². The molecule has 0 unspecified atom stereocenters. The van der Waals surface area contributed by atoms with E-state index in [9.17, 15) is 0 Å². The highest BCUT2D eigenvalue weighted by atomic mass is 15.7. The van der Waals surface area contributed by atoms with Gasteiger partial charge in [-0.05, 0) is 0 Å². The number of hydrazine groups is 2. The number of rotatable bonds is 0. The molecule has 2 aliphatic heterocycles. The van der Waals surface area contributed by atoms with Gasteiger partial charge in [-0.25, -0.2) is 5.43 Å². The normalized spacial score (nSPS) is 18.2. The minimum Gasteiger partial charge on any atom is -0.304 e. The minimum atomic E-state index is 0.778. The van der Waals surface area contributed by atoms with Gasteiger partial charge in [-0.1, -0.05) is 24.3 Å². The van der Waals surface area contributed by atoms with E-state index in [1.165, 1.54) is 10.4 Å². The molecule has 2 aliphatic rings. The van der Waals surface area contributed by atoms with Crippen molar-refractivity contribution in [3.63, 3.8) is 0 Å². The maximum atomic E-state index is 3.18. The number of fused-ring (bicyclic) bond motifs is 2. The molecule has 1 aromatic carbocycles. The number of nitrogens with one attached hydrogen (secondary N) is 3. The second-order valence-electron chi connectivity index (χ2n) is 3.10. The largest absolute Gasteiger partial charge is 0.304 e. The van der Waals surface area contributed by atoms with E-state index < -0.39 is 0 Å². The van der Waals surface area contributed by atoms with Crippen LogP contribution in [0.1, 0.15) is 0 Å². The van der Waals surface area contributed by atoms with Crippen molar-refractivity contribution in [2.45, 2.75) is 0 Å². The van der Waals surface area contributed by atoms with Crippen LogP contribution in [0, 0.1) is 0 Å². The monoisotopic (exact) mass is 174 g/mol. The maximum Gasteiger partial charge on any atom is 0.144 e. The van der Waals surface area contributed by atoms with E-state index in [0.717, 1.165) is 12.5 Å². The highest BCUT2D eigenvalue weighted by molar-refractivity contribution is 5.47. The van der Waals surface area contributed by atoms with Crippen molar-refractivity contribution < 1.29 is 0 Å². The standard InChI is InChI=1S/C9H10N4/c1-2-4-8-7(3-1)5-11-13-6-10-12-9(8)13/h1-5,10-12H,6H2. The molecule has 2 heterocycles. The Morgan fingerprint density at radius 3 is 3.15 bits per heavy atom. The zero-order valence-electron chi connectivity index (χ0n) is 7.04. The maximum absolute atomic E-state index is 3.18. The molecule has 13 heavy (non-hydrogen) atoms. The molecule has 0 amide bonds. The molecule has 1 fully saturated rings. The van der Waals surface area contributed by atoms with Crippen LogP contribution >= 0.6 is 0 Å². The first-order valence-electron chi connectivity index (χ1n) is 4.27. The fourth-order valence-electron chi connectivity index (χ4n) is 1.66. The molecular weight excluding hydrogens is 164 g/mol. The Hall–Kier alpha value is -1.68. The Labute approximate surface area is 75.5 Å². The molecule has 0 bridgehead atoms. The molecule has 1 saturated heterocycles. The fraction of sp³-hybridized carbons (Fsp3) is 0.111. The van der Waals surface area contributed by atoms with E-state index in [1.807, 2.05) is 23.3 Å². The molecule has 66 valence electrons. The van der Waals surface area contributed by atoms with E-state index in [4.69, 9.17) is 0 Å². The average Bonchev–Trinajstić information content (AvgIpc) is 2.65. The average molecular weight is 174 g/mol. The van der Waals surface area contributed by atoms with Gasteiger partial charge in [-0.2, -0.15) is 0 Å². The van der Waals surface area contributed by atoms with E-state index >= 15 is 0 Å². The lowest BCUT2D eigenvalue weighted by molar-refractivity contribution is 0.367. The molecule has 3 N–H and O–H groups in total. The molecule has 0 spiro atoms. The van der Waals surface area contributed by atoms with Crippen LogP contribution < -0.4 is 26.7 Å². The van der Waals surface area contributed by atoms with E-state index in [-0.39, 0.29) is 0 Å². The minimum absolute atomic E-state index is 0.778. The van der Waals surface area contributed by atoms with Gasteiger partial charge in [0.15, 0.2) is 0 Å². The van der Waals surface area contributed by atoms with E-state index in [0.29, 0.717) is 0 Å². The highest BCUT2D eigenvalue weighted by Gasteiger charge is 2.17. The first-order chi connectivity index (χ1) is 6.45. The van der Waals surface area contributed by atoms with Crippen molar-refractivity contribution in [2.75, 3.05) is 6.67 Å². The predicted octanol–water partition coefficient (Wildman–Crippen LogP) is -1.62. The van der Waals surface area contributed by atoms with Crippen LogP contribution in [-0.2, 0) is 0 Å². The van der Waals surface area contributed by atoms with Crippen LogP contribution in [0.2, 0.25) is 0 Å². The summed E-state index contributed by atoms with van der Waals surface area (Å²) in [5.41, 5.74) is 9.37. The molecular formula is C9H10N4. The number of hydrogen-bond donors (Lipinski definition) is 3. The van der Waals surface area contributed by atoms with Crippen LogP contribution in [0.25, 0.3) is 12.0 Å². The molecule has 1 aromatic rings. The zero-order chi connectivity index (χ0) is 8.67. The van der Waals surface area contributed by atoms with Crippen molar-refractivity contribution >= 4 is 12.0 Å². The van der Waals surface area contributed by atoms with Crippen molar-refractivity contribution in [2.24, 2.45) is 0 Å². The van der Waals surface area contributed by atoms with Crippen LogP contribution in [0.15, 0.2) is 24.3 Å². The van der Waals surface area contributed by atoms with E-state index in [1.54, 1.807) is 0 Å². The quantitative estimate of drug-likeness (QED) is 0.442. The molecule has 0 aliphatic carbocycles. The second kappa shape index (κ2) is 2.40. The summed E-state index contributed by atoms with van der Waals surface area (Å²) in [5, 5.41) is 4.47. The Morgan fingerprint density at radius 1 is 1.23 bits per heavy atom. The summed E-state index contributed by atoms with van der Waals surface area (Å²) in [6, 6.07) is 8.28. The summed E-state index contributed by atoms with van der Waals surface area (Å²) in [6.07, 6.45) is 2.01. The molecule has 3 rings (SSSR count). The molecule has 4 heteroatoms. The summed E-state index contributed by atoms with van der Waals surface area (Å²) in [5.74, 6) is 1.10. The van der Waals surface area contributed by atoms with Gasteiger partial charge in [0.05, 0.1) is 0 Å². The Bertz CT molecular complexity index is 451. The summed E-state index contributed by atoms with van der Waals surface area (Å²) in [4.78, 5) is 0. The van der Waals surface area contributed by atoms with Gasteiger partial charge in [0.1, 0.15) is 12.5 Å². The third-order valence-electron chi connectivity index (χ3n) is 2.31. The van der Waals surface area contributed by atoms with Crippen LogP contribution in [0.5, 0.6) is 0 Å². The van der Waals surface area contributed by atoms with Gasteiger partial charge < -0.3 is 10.9 Å². The van der Waals surface area contributed by atoms with Crippen LogP contribution in [-0.4, -0.2) is 11.7 Å². The second-order valence-corrected chi connectivity index (χ2v) is 3.10. The Morgan fingerprint density at radius 2 is 2.15 bits per heavy atom. The predicted molar refractivity (Wildman–Crippen MR) is 49.7 cm³/mol. The van der Waals surface area contributed by atoms with Gasteiger partial charge >= 0.3 is 0 Å². The van der Waals surface area contributed by atoms with Gasteiger partial charge in [-0.3, -0.25) is 5.01 Å². The smallest absolute Gasteiger partial charge is 0.144 e. The first kappa shape index (κ1) is 6.80. The lowest BCUT2D eigenvalue weighted by Crippen LogP contribution is -2.45. The van der Waals surface area contributed by atoms with Crippen LogP contribution in [0.4, 0.5) is 0 Å². The van der Waals surface area contributed by atoms with Crippen LogP contribution in [0.3, 0.4) is 0 Å². The van der Waals surface area contributed by atoms with Gasteiger partial charge in [-0.15, -0.1) is 0 Å². The summed E-state index contributed by atoms with van der Waals surface area (Å²) in [6.45, 7) is 0.778. The molecule has 0 radical (unpaired) electrons. The summed E-state index contributed by atoms with van der Waals surface area (Å²) in [7, 11) is 0. The van der Waals surface area contributed by atoms with Crippen molar-refractivity contribution in [3.05, 3.63) is 34.7 Å². The summed E-state index contributed by atoms with van der Waals surface area (Å²) >= 11 is 0. The van der Waals surface area contributed by atoms with E-state index in [2.05, 4.69) is 28.4 Å². The Kier molecular flexibility index (Phi) is 1.26. The number of nitrogens with zero attached hydrogens (tertiary/aromatic N) is 1. The Balaban J connectivity index is 2.38. The third-order valence-corrected chi connectivity index (χ3v) is 2.31. The zero-order valence-corrected chi connectivity index (χ0v) is 7.04. The van der Waals surface area contributed by atoms with Gasteiger partial charge in [0, 0.05) is 16.6 Å². The van der Waals surface area contributed by atoms with Crippen molar-refractivity contribution in [1.82, 2.24) is 21.3 Å². The third kappa shape index (κ3) is 0.891. The highest BCUT2D eigenvalue weighted by Crippen LogP contribution is 1.99. The topological polar surface area (TPSA) is 39.3 Å². The van der Waals surface area contributed by atoms with Gasteiger partial charge in [0.25, 0.3) is 0 Å². The summed E-state index contributed by atoms with van der Waals surface area (Å²) < 4.78 is 0. The number of benzene rings is 1. The molecule has 0 saturated carbocycles. The molecule has 0 aromatic heterocycles. The lowest BCUT2D eigenvalue weighted by atomic mass is 10.2. The SMILES string of the molecule is C1=c2ccccc2=C2NNCN2N1. The first-order valence-corrected chi connectivity index (χ1v) is 4.27. The fourth-order valence-corrected chi connectivity index (χ4v) is 1.66. The number of hydrogen-bond acceptors (Lipinski definition) is 4. The molecule has 0 atom stereocenters.